The minimum absolute atomic E-state index is 0.00194. The smallest absolute Gasteiger partial charge is 0.415 e. The molecule has 158 valence electrons. The van der Waals surface area contributed by atoms with Gasteiger partial charge in [-0.15, -0.1) is 0 Å². The van der Waals surface area contributed by atoms with E-state index in [1.165, 1.54) is 4.90 Å². The van der Waals surface area contributed by atoms with Crippen LogP contribution in [0.15, 0.2) is 12.2 Å². The first-order valence-electron chi connectivity index (χ1n) is 9.97. The molecule has 7 nitrogen and oxygen atoms in total. The highest BCUT2D eigenvalue weighted by molar-refractivity contribution is 5.83. The summed E-state index contributed by atoms with van der Waals surface area (Å²) in [4.78, 5) is 40.1. The quantitative estimate of drug-likeness (QED) is 0.317. The van der Waals surface area contributed by atoms with E-state index in [-0.39, 0.29) is 16.3 Å². The van der Waals surface area contributed by atoms with Crippen molar-refractivity contribution in [3.8, 4) is 0 Å². The van der Waals surface area contributed by atoms with Crippen molar-refractivity contribution in [1.29, 1.82) is 0 Å². The van der Waals surface area contributed by atoms with Gasteiger partial charge in [-0.05, 0) is 54.9 Å². The lowest BCUT2D eigenvalue weighted by Crippen LogP contribution is -2.58. The van der Waals surface area contributed by atoms with Crippen molar-refractivity contribution in [2.75, 3.05) is 13.1 Å². The molecule has 2 saturated heterocycles. The number of carbonyl (C=O) groups is 3. The molecular formula is C21H35N2O5+. The molecule has 2 aliphatic rings. The summed E-state index contributed by atoms with van der Waals surface area (Å²) in [6.45, 7) is 15.5. The third-order valence-electron chi connectivity index (χ3n) is 5.06. The van der Waals surface area contributed by atoms with Crippen LogP contribution in [0.2, 0.25) is 0 Å². The highest BCUT2D eigenvalue weighted by atomic mass is 16.6. The zero-order chi connectivity index (χ0) is 21.5. The van der Waals surface area contributed by atoms with Crippen molar-refractivity contribution in [2.45, 2.75) is 85.2 Å². The Hall–Kier alpha value is -1.89. The lowest BCUT2D eigenvalue weighted by molar-refractivity contribution is -0.765. The summed E-state index contributed by atoms with van der Waals surface area (Å²) in [5.74, 6) is -0.585. The summed E-state index contributed by atoms with van der Waals surface area (Å²) in [5, 5.41) is 0. The Bertz CT molecular complexity index is 667. The second kappa shape index (κ2) is 7.50. The van der Waals surface area contributed by atoms with Gasteiger partial charge in [0, 0.05) is 0 Å². The molecule has 0 unspecified atom stereocenters. The second-order valence-corrected chi connectivity index (χ2v) is 9.78. The van der Waals surface area contributed by atoms with E-state index >= 15 is 0 Å². The Balaban J connectivity index is 2.47. The number of carbonyl (C=O) groups excluding carboxylic acids is 3. The first-order valence-corrected chi connectivity index (χ1v) is 9.97. The van der Waals surface area contributed by atoms with Crippen molar-refractivity contribution in [3.63, 3.8) is 0 Å². The molecule has 2 rings (SSSR count). The molecule has 0 saturated carbocycles. The molecule has 2 aliphatic heterocycles. The van der Waals surface area contributed by atoms with Crippen LogP contribution in [0, 0.1) is 5.92 Å². The number of amides is 2. The van der Waals surface area contributed by atoms with E-state index in [1.54, 1.807) is 48.5 Å². The number of rotatable bonds is 3. The van der Waals surface area contributed by atoms with Crippen LogP contribution in [0.25, 0.3) is 0 Å². The average Bonchev–Trinajstić information content (AvgIpc) is 3.20. The normalized spacial score (nSPS) is 27.0. The van der Waals surface area contributed by atoms with Gasteiger partial charge in [0.15, 0.2) is 6.17 Å². The molecule has 0 spiro atoms. The van der Waals surface area contributed by atoms with E-state index in [4.69, 9.17) is 9.47 Å². The molecule has 28 heavy (non-hydrogen) atoms. The molecule has 2 amide bonds. The predicted octanol–water partition coefficient (Wildman–Crippen LogP) is 3.23. The minimum Gasteiger partial charge on any atom is -0.458 e. The number of ether oxygens (including phenoxy) is 2. The average molecular weight is 396 g/mol. The van der Waals surface area contributed by atoms with E-state index in [9.17, 15) is 14.4 Å². The van der Waals surface area contributed by atoms with Crippen LogP contribution in [0.5, 0.6) is 0 Å². The Morgan fingerprint density at radius 2 is 1.54 bits per heavy atom. The van der Waals surface area contributed by atoms with Gasteiger partial charge in [0.2, 0.25) is 0 Å². The Kier molecular flexibility index (Phi) is 6.00. The topological polar surface area (TPSA) is 72.9 Å². The fourth-order valence-corrected chi connectivity index (χ4v) is 3.92. The summed E-state index contributed by atoms with van der Waals surface area (Å²) in [5.41, 5.74) is -1.38. The lowest BCUT2D eigenvalue weighted by Gasteiger charge is -2.35. The highest BCUT2D eigenvalue weighted by Gasteiger charge is 2.65. The van der Waals surface area contributed by atoms with Crippen LogP contribution >= 0.6 is 0 Å². The summed E-state index contributed by atoms with van der Waals surface area (Å²) < 4.78 is 11.4. The number of hydrogen-bond donors (Lipinski definition) is 0. The molecule has 0 aromatic heterocycles. The number of allylic oxidation sites excluding steroid dienone is 1. The van der Waals surface area contributed by atoms with Gasteiger partial charge in [-0.2, -0.15) is 0 Å². The predicted molar refractivity (Wildman–Crippen MR) is 105 cm³/mol. The van der Waals surface area contributed by atoms with Crippen LogP contribution in [0.3, 0.4) is 0 Å². The monoisotopic (exact) mass is 395 g/mol. The Morgan fingerprint density at radius 1 is 1.00 bits per heavy atom. The molecule has 0 N–H and O–H groups in total. The number of nitrogens with zero attached hydrogens (tertiary/aromatic N) is 2. The molecule has 2 heterocycles. The van der Waals surface area contributed by atoms with E-state index in [0.717, 1.165) is 0 Å². The number of esters is 1. The van der Waals surface area contributed by atoms with Crippen LogP contribution in [-0.4, -0.2) is 63.9 Å². The van der Waals surface area contributed by atoms with Gasteiger partial charge in [-0.25, -0.2) is 23.8 Å². The molecule has 2 fully saturated rings. The molecule has 0 aromatic rings. The minimum atomic E-state index is -0.782. The largest absolute Gasteiger partial charge is 0.458 e. The van der Waals surface area contributed by atoms with Crippen molar-refractivity contribution in [2.24, 2.45) is 5.92 Å². The molecule has 0 aliphatic carbocycles. The van der Waals surface area contributed by atoms with Gasteiger partial charge >= 0.3 is 18.0 Å². The standard InChI is InChI=1S/C21H35N2O5/c1-9-10-15-13-16(18(25)27-20(3,4)5)22(19(26)28-21(6,7)8)17(15)23(11-12-23)14(2)24/h9-10,15-17H,11-13H2,1-8H3/q+1/t15-,16+,17+/m1/s1. The zero-order valence-electron chi connectivity index (χ0n) is 18.4. The molecule has 0 bridgehead atoms. The van der Waals surface area contributed by atoms with E-state index in [1.807, 2.05) is 19.1 Å². The Labute approximate surface area is 168 Å². The van der Waals surface area contributed by atoms with Crippen molar-refractivity contribution < 1.29 is 28.3 Å². The molecule has 0 radical (unpaired) electrons. The van der Waals surface area contributed by atoms with Crippen molar-refractivity contribution >= 4 is 18.0 Å². The summed E-state index contributed by atoms with van der Waals surface area (Å²) in [6, 6.07) is -0.782. The third-order valence-corrected chi connectivity index (χ3v) is 5.06. The maximum absolute atomic E-state index is 13.1. The zero-order valence-corrected chi connectivity index (χ0v) is 18.4. The van der Waals surface area contributed by atoms with Crippen LogP contribution in [0.4, 0.5) is 4.79 Å². The van der Waals surface area contributed by atoms with E-state index in [2.05, 4.69) is 0 Å². The van der Waals surface area contributed by atoms with Gasteiger partial charge in [0.05, 0.1) is 12.8 Å². The van der Waals surface area contributed by atoms with Crippen LogP contribution < -0.4 is 0 Å². The molecule has 0 aromatic carbocycles. The maximum atomic E-state index is 13.1. The molecular weight excluding hydrogens is 360 g/mol. The maximum Gasteiger partial charge on any atom is 0.415 e. The van der Waals surface area contributed by atoms with Crippen LogP contribution in [-0.2, 0) is 19.1 Å². The third kappa shape index (κ3) is 4.74. The second-order valence-electron chi connectivity index (χ2n) is 9.78. The summed E-state index contributed by atoms with van der Waals surface area (Å²) in [7, 11) is 0. The SMILES string of the molecule is CC=C[C@@H]1C[C@@H](C(=O)OC(C)(C)C)N(C(=O)OC(C)(C)C)[C@H]1[N+]1(C(C)=O)CC1. The number of likely N-dealkylation sites (tertiary alicyclic amines) is 1. The van der Waals surface area contributed by atoms with Crippen molar-refractivity contribution in [3.05, 3.63) is 12.2 Å². The first-order chi connectivity index (χ1) is 12.7. The van der Waals surface area contributed by atoms with Crippen LogP contribution in [0.1, 0.15) is 61.8 Å². The van der Waals surface area contributed by atoms with Crippen molar-refractivity contribution in [1.82, 2.24) is 4.90 Å². The first kappa shape index (κ1) is 22.4. The van der Waals surface area contributed by atoms with Gasteiger partial charge in [-0.3, -0.25) is 0 Å². The van der Waals surface area contributed by atoms with E-state index in [0.29, 0.717) is 19.5 Å². The highest BCUT2D eigenvalue weighted by Crippen LogP contribution is 2.43. The van der Waals surface area contributed by atoms with Gasteiger partial charge in [0.1, 0.15) is 30.3 Å². The fourth-order valence-electron chi connectivity index (χ4n) is 3.92. The summed E-state index contributed by atoms with van der Waals surface area (Å²) >= 11 is 0. The Morgan fingerprint density at radius 3 is 1.93 bits per heavy atom. The molecule has 3 atom stereocenters. The number of hydrogen-bond acceptors (Lipinski definition) is 5. The van der Waals surface area contributed by atoms with Gasteiger partial charge in [0.25, 0.3) is 0 Å². The lowest BCUT2D eigenvalue weighted by atomic mass is 10.0. The fraction of sp³-hybridized carbons (Fsp3) is 0.762. The van der Waals surface area contributed by atoms with Gasteiger partial charge in [-0.1, -0.05) is 12.2 Å². The van der Waals surface area contributed by atoms with E-state index < -0.39 is 35.5 Å². The van der Waals surface area contributed by atoms with Gasteiger partial charge < -0.3 is 9.47 Å². The number of quaternary nitrogens is 1. The summed E-state index contributed by atoms with van der Waals surface area (Å²) in [6.07, 6.45) is 3.26. The molecule has 7 heteroatoms.